The maximum atomic E-state index is 14.1. The molecule has 1 aromatic carbocycles. The van der Waals surface area contributed by atoms with Gasteiger partial charge in [-0.15, -0.1) is 0 Å². The van der Waals surface area contributed by atoms with Crippen molar-refractivity contribution in [1.29, 1.82) is 0 Å². The molecule has 2 saturated carbocycles. The molecule has 0 N–H and O–H groups in total. The van der Waals surface area contributed by atoms with Crippen molar-refractivity contribution in [3.8, 4) is 5.75 Å². The Bertz CT molecular complexity index is 860. The lowest BCUT2D eigenvalue weighted by atomic mass is 9.69. The van der Waals surface area contributed by atoms with Gasteiger partial charge in [-0.25, -0.2) is 8.78 Å². The van der Waals surface area contributed by atoms with E-state index in [-0.39, 0.29) is 24.7 Å². The van der Waals surface area contributed by atoms with Crippen LogP contribution in [-0.2, 0) is 5.92 Å². The zero-order valence-electron chi connectivity index (χ0n) is 18.7. The minimum Gasteiger partial charge on any atom is -0.493 e. The fourth-order valence-corrected chi connectivity index (χ4v) is 5.43. The Morgan fingerprint density at radius 2 is 1.29 bits per heavy atom. The van der Waals surface area contributed by atoms with Gasteiger partial charge >= 0.3 is 18.0 Å². The Balaban J connectivity index is 1.56. The summed E-state index contributed by atoms with van der Waals surface area (Å²) in [5, 5.41) is 0. The smallest absolute Gasteiger partial charge is 0.460 e. The second-order valence-electron chi connectivity index (χ2n) is 9.49. The molecule has 0 aliphatic heterocycles. The first-order valence-electron chi connectivity index (χ1n) is 11.5. The molecular formula is C24H26ClF9O. The molecule has 0 bridgehead atoms. The molecule has 198 valence electrons. The maximum absolute atomic E-state index is 14.1. The van der Waals surface area contributed by atoms with Crippen LogP contribution >= 0.6 is 11.6 Å². The van der Waals surface area contributed by atoms with Crippen LogP contribution in [0.5, 0.6) is 5.75 Å². The Kier molecular flexibility index (Phi) is 8.65. The van der Waals surface area contributed by atoms with E-state index in [9.17, 15) is 39.5 Å². The largest absolute Gasteiger partial charge is 0.493 e. The molecule has 0 spiro atoms. The third-order valence-corrected chi connectivity index (χ3v) is 7.43. The summed E-state index contributed by atoms with van der Waals surface area (Å²) in [7, 11) is 0. The van der Waals surface area contributed by atoms with Gasteiger partial charge in [-0.2, -0.15) is 30.7 Å². The van der Waals surface area contributed by atoms with Crippen LogP contribution in [0.25, 0.3) is 0 Å². The molecule has 1 nitrogen and oxygen atoms in total. The second kappa shape index (κ2) is 10.8. The predicted molar refractivity (Wildman–Crippen MR) is 113 cm³/mol. The highest BCUT2D eigenvalue weighted by atomic mass is 35.5. The van der Waals surface area contributed by atoms with Gasteiger partial charge in [0.25, 0.3) is 0 Å². The zero-order valence-corrected chi connectivity index (χ0v) is 19.4. The third kappa shape index (κ3) is 6.05. The molecule has 0 aromatic heterocycles. The summed E-state index contributed by atoms with van der Waals surface area (Å²) in [5.74, 6) is -16.1. The van der Waals surface area contributed by atoms with Crippen molar-refractivity contribution >= 4 is 11.6 Å². The van der Waals surface area contributed by atoms with E-state index in [1.165, 1.54) is 0 Å². The van der Waals surface area contributed by atoms with Crippen LogP contribution in [0.3, 0.4) is 0 Å². The SMILES string of the molecule is Fc1cc(OCC2CCC(C3CCC(C=CCl)CC3)CC2)cc(F)c1C(F)(F)C(F)(F)C(F)(F)F. The molecule has 2 fully saturated rings. The molecule has 0 heterocycles. The zero-order chi connectivity index (χ0) is 26.0. The van der Waals surface area contributed by atoms with E-state index in [0.717, 1.165) is 51.4 Å². The quantitative estimate of drug-likeness (QED) is 0.316. The number of hydrogen-bond donors (Lipinski definition) is 0. The first-order chi connectivity index (χ1) is 16.3. The number of alkyl halides is 7. The second-order valence-corrected chi connectivity index (χ2v) is 9.75. The van der Waals surface area contributed by atoms with Crippen molar-refractivity contribution in [1.82, 2.24) is 0 Å². The fraction of sp³-hybridized carbons (Fsp3) is 0.667. The van der Waals surface area contributed by atoms with Crippen LogP contribution in [0.2, 0.25) is 0 Å². The lowest BCUT2D eigenvalue weighted by molar-refractivity contribution is -0.360. The first kappa shape index (κ1) is 28.0. The monoisotopic (exact) mass is 536 g/mol. The third-order valence-electron chi connectivity index (χ3n) is 7.29. The van der Waals surface area contributed by atoms with Crippen molar-refractivity contribution in [2.75, 3.05) is 6.61 Å². The Morgan fingerprint density at radius 1 is 0.800 bits per heavy atom. The molecule has 0 unspecified atom stereocenters. The average molecular weight is 537 g/mol. The van der Waals surface area contributed by atoms with Crippen LogP contribution in [0.1, 0.15) is 56.9 Å². The molecule has 0 radical (unpaired) electrons. The van der Waals surface area contributed by atoms with Gasteiger partial charge in [-0.1, -0.05) is 17.7 Å². The van der Waals surface area contributed by atoms with Crippen molar-refractivity contribution < 1.29 is 44.3 Å². The number of allylic oxidation sites excluding steroid dienone is 1. The Morgan fingerprint density at radius 3 is 1.74 bits per heavy atom. The molecule has 0 amide bonds. The fourth-order valence-electron chi connectivity index (χ4n) is 5.22. The molecular weight excluding hydrogens is 511 g/mol. The maximum Gasteiger partial charge on any atom is 0.460 e. The predicted octanol–water partition coefficient (Wildman–Crippen LogP) is 9.00. The highest BCUT2D eigenvalue weighted by Gasteiger charge is 2.74. The normalized spacial score (nSPS) is 26.8. The highest BCUT2D eigenvalue weighted by molar-refractivity contribution is 6.25. The number of ether oxygens (including phenoxy) is 1. The van der Waals surface area contributed by atoms with Crippen LogP contribution < -0.4 is 4.74 Å². The average Bonchev–Trinajstić information content (AvgIpc) is 2.77. The topological polar surface area (TPSA) is 9.23 Å². The van der Waals surface area contributed by atoms with E-state index in [2.05, 4.69) is 0 Å². The molecule has 3 rings (SSSR count). The summed E-state index contributed by atoms with van der Waals surface area (Å²) in [4.78, 5) is 0. The van der Waals surface area contributed by atoms with E-state index >= 15 is 0 Å². The lowest BCUT2D eigenvalue weighted by Crippen LogP contribution is -2.50. The summed E-state index contributed by atoms with van der Waals surface area (Å²) in [6.45, 7) is 0.0211. The van der Waals surface area contributed by atoms with E-state index in [0.29, 0.717) is 17.8 Å². The number of hydrogen-bond acceptors (Lipinski definition) is 1. The summed E-state index contributed by atoms with van der Waals surface area (Å²) in [6, 6.07) is 0.413. The molecule has 35 heavy (non-hydrogen) atoms. The molecule has 1 aromatic rings. The van der Waals surface area contributed by atoms with Gasteiger partial charge < -0.3 is 4.74 Å². The van der Waals surface area contributed by atoms with Gasteiger partial charge in [0, 0.05) is 17.7 Å². The van der Waals surface area contributed by atoms with E-state index in [4.69, 9.17) is 16.3 Å². The van der Waals surface area contributed by atoms with Gasteiger partial charge in [0.1, 0.15) is 17.4 Å². The Labute approximate surface area is 202 Å². The van der Waals surface area contributed by atoms with Crippen LogP contribution in [0.4, 0.5) is 39.5 Å². The summed E-state index contributed by atoms with van der Waals surface area (Å²) >= 11 is 5.65. The summed E-state index contributed by atoms with van der Waals surface area (Å²) < 4.78 is 125. The van der Waals surface area contributed by atoms with E-state index in [1.807, 2.05) is 6.08 Å². The minimum atomic E-state index is -6.70. The van der Waals surface area contributed by atoms with Gasteiger partial charge in [0.15, 0.2) is 0 Å². The molecule has 11 heteroatoms. The van der Waals surface area contributed by atoms with Crippen molar-refractivity contribution in [2.24, 2.45) is 23.7 Å². The summed E-state index contributed by atoms with van der Waals surface area (Å²) in [6.07, 6.45) is 3.26. The lowest BCUT2D eigenvalue weighted by Gasteiger charge is -2.37. The van der Waals surface area contributed by atoms with Crippen LogP contribution in [-0.4, -0.2) is 18.7 Å². The number of rotatable bonds is 7. The first-order valence-corrected chi connectivity index (χ1v) is 11.9. The van der Waals surface area contributed by atoms with Crippen molar-refractivity contribution in [2.45, 2.75) is 69.4 Å². The molecule has 0 saturated heterocycles. The van der Waals surface area contributed by atoms with Gasteiger partial charge in [-0.3, -0.25) is 0 Å². The molecule has 2 aliphatic carbocycles. The number of benzene rings is 1. The standard InChI is InChI=1S/C24H26ClF9O/c25-10-9-14-1-5-16(6-2-14)17-7-3-15(4-8-17)13-35-18-11-19(26)21(20(27)12-18)22(28,29)23(30,31)24(32,33)34/h9-12,14-17H,1-8,13H2. The van der Waals surface area contributed by atoms with E-state index in [1.54, 1.807) is 5.54 Å². The Hall–Kier alpha value is -1.58. The van der Waals surface area contributed by atoms with Crippen molar-refractivity contribution in [3.63, 3.8) is 0 Å². The highest BCUT2D eigenvalue weighted by Crippen LogP contribution is 2.53. The van der Waals surface area contributed by atoms with Gasteiger partial charge in [0.2, 0.25) is 0 Å². The van der Waals surface area contributed by atoms with Crippen LogP contribution in [0.15, 0.2) is 23.7 Å². The molecule has 0 atom stereocenters. The summed E-state index contributed by atoms with van der Waals surface area (Å²) in [5.41, 5.74) is -1.09. The van der Waals surface area contributed by atoms with Gasteiger partial charge in [-0.05, 0) is 75.0 Å². The van der Waals surface area contributed by atoms with Crippen molar-refractivity contribution in [3.05, 3.63) is 40.9 Å². The van der Waals surface area contributed by atoms with Crippen LogP contribution in [0, 0.1) is 35.3 Å². The molecule has 2 aliphatic rings. The minimum absolute atomic E-state index is 0.0211. The van der Waals surface area contributed by atoms with E-state index < -0.39 is 41.0 Å². The van der Waals surface area contributed by atoms with Gasteiger partial charge in [0.05, 0.1) is 12.2 Å². The number of halogens is 10.